The number of aromatic nitrogens is 4. The van der Waals surface area contributed by atoms with Gasteiger partial charge in [-0.2, -0.15) is 14.4 Å². The van der Waals surface area contributed by atoms with Gasteiger partial charge in [-0.3, -0.25) is 18.1 Å². The van der Waals surface area contributed by atoms with Crippen LogP contribution < -0.4 is 5.73 Å². The number of aliphatic hydroxyl groups is 1. The van der Waals surface area contributed by atoms with Crippen LogP contribution in [-0.4, -0.2) is 55.6 Å². The van der Waals surface area contributed by atoms with Crippen LogP contribution in [0.4, 0.5) is 10.2 Å². The minimum atomic E-state index is -3.81. The Kier molecular flexibility index (Phi) is 4.21. The van der Waals surface area contributed by atoms with Gasteiger partial charge < -0.3 is 15.6 Å². The zero-order valence-electron chi connectivity index (χ0n) is 13.9. The van der Waals surface area contributed by atoms with E-state index in [9.17, 15) is 14.1 Å². The summed E-state index contributed by atoms with van der Waals surface area (Å²) in [5.74, 6) is -0.134. The highest BCUT2D eigenvalue weighted by atomic mass is 31.2. The van der Waals surface area contributed by atoms with Gasteiger partial charge in [0, 0.05) is 0 Å². The first kappa shape index (κ1) is 17.7. The molecule has 2 aliphatic heterocycles. The molecular formula is C13H17FN5O6P. The van der Waals surface area contributed by atoms with E-state index < -0.39 is 44.5 Å². The van der Waals surface area contributed by atoms with Gasteiger partial charge >= 0.3 is 13.9 Å². The first-order valence-electron chi connectivity index (χ1n) is 7.88. The number of nitrogens with zero attached hydrogens (tertiary/aromatic N) is 4. The average molecular weight is 389 g/mol. The van der Waals surface area contributed by atoms with Crippen molar-refractivity contribution < 1.29 is 32.4 Å². The molecule has 142 valence electrons. The fraction of sp³-hybridized carbons (Fsp3) is 0.615. The molecule has 2 fully saturated rings. The highest BCUT2D eigenvalue weighted by molar-refractivity contribution is 7.48. The number of rotatable bonds is 3. The molecule has 5 atom stereocenters. The lowest BCUT2D eigenvalue weighted by Gasteiger charge is -2.31. The number of nitrogens with two attached hydrogens (primary N) is 1. The average Bonchev–Trinajstić information content (AvgIpc) is 3.08. The van der Waals surface area contributed by atoms with Crippen molar-refractivity contribution in [1.29, 1.82) is 0 Å². The van der Waals surface area contributed by atoms with Gasteiger partial charge in [0.1, 0.15) is 18.3 Å². The number of anilines is 1. The van der Waals surface area contributed by atoms with Crippen molar-refractivity contribution in [3.63, 3.8) is 0 Å². The third kappa shape index (κ3) is 2.88. The van der Waals surface area contributed by atoms with Gasteiger partial charge in [-0.15, -0.1) is 0 Å². The maximum Gasteiger partial charge on any atom is 0.475 e. The van der Waals surface area contributed by atoms with E-state index in [1.165, 1.54) is 10.9 Å². The lowest BCUT2D eigenvalue weighted by molar-refractivity contribution is -0.0733. The van der Waals surface area contributed by atoms with Gasteiger partial charge in [-0.1, -0.05) is 0 Å². The van der Waals surface area contributed by atoms with E-state index >= 15 is 0 Å². The standard InChI is InChI=1S/C13H17FN5O6P/c1-5(2)24-26(21)22-3-6-9(25-26)8(20)12(23-6)19-4-16-7-10(15)17-13(14)18-11(7)19/h4-6,8-9,12,20H,3H2,1-2H3,(H2,15,17,18)/t6?,8-,9+,12+,26?/m0/s1. The lowest BCUT2D eigenvalue weighted by Crippen LogP contribution is -2.39. The first-order chi connectivity index (χ1) is 12.3. The maximum absolute atomic E-state index is 13.5. The Morgan fingerprint density at radius 2 is 2.27 bits per heavy atom. The van der Waals surface area contributed by atoms with Gasteiger partial charge in [0.25, 0.3) is 0 Å². The molecule has 2 aromatic heterocycles. The van der Waals surface area contributed by atoms with Crippen molar-refractivity contribution in [2.45, 2.75) is 44.5 Å². The Balaban J connectivity index is 1.64. The molecule has 3 N–H and O–H groups in total. The van der Waals surface area contributed by atoms with Crippen molar-refractivity contribution in [3.8, 4) is 0 Å². The Labute approximate surface area is 146 Å². The predicted octanol–water partition coefficient (Wildman–Crippen LogP) is 0.754. The molecule has 0 aliphatic carbocycles. The van der Waals surface area contributed by atoms with Gasteiger partial charge in [0.05, 0.1) is 19.0 Å². The Bertz CT molecular complexity index is 893. The largest absolute Gasteiger partial charge is 0.475 e. The second-order valence-corrected chi connectivity index (χ2v) is 7.80. The first-order valence-corrected chi connectivity index (χ1v) is 9.34. The summed E-state index contributed by atoms with van der Waals surface area (Å²) in [5.41, 5.74) is 5.86. The SMILES string of the molecule is CC(C)OP1(=O)OCC2O[C@@H](n3cnc4c(N)nc(F)nc43)[C@@H](O)[C@@H]2O1. The molecule has 2 aliphatic rings. The molecule has 0 bridgehead atoms. The molecular weight excluding hydrogens is 372 g/mol. The number of nitrogen functional groups attached to an aromatic ring is 1. The summed E-state index contributed by atoms with van der Waals surface area (Å²) in [7, 11) is -3.81. The summed E-state index contributed by atoms with van der Waals surface area (Å²) < 4.78 is 48.8. The fourth-order valence-electron chi connectivity index (χ4n) is 2.97. The van der Waals surface area contributed by atoms with E-state index in [1.807, 2.05) is 0 Å². The summed E-state index contributed by atoms with van der Waals surface area (Å²) in [6.45, 7) is 3.26. The smallest absolute Gasteiger partial charge is 0.386 e. The van der Waals surface area contributed by atoms with E-state index in [4.69, 9.17) is 24.0 Å². The highest BCUT2D eigenvalue weighted by Gasteiger charge is 2.53. The summed E-state index contributed by atoms with van der Waals surface area (Å²) >= 11 is 0. The van der Waals surface area contributed by atoms with Crippen LogP contribution in [0, 0.1) is 6.08 Å². The normalized spacial score (nSPS) is 34.5. The summed E-state index contributed by atoms with van der Waals surface area (Å²) in [6, 6.07) is 0. The maximum atomic E-state index is 13.5. The van der Waals surface area contributed by atoms with Crippen LogP contribution >= 0.6 is 7.82 Å². The third-order valence-electron chi connectivity index (χ3n) is 3.99. The number of aliphatic hydroxyl groups excluding tert-OH is 1. The monoisotopic (exact) mass is 389 g/mol. The van der Waals surface area contributed by atoms with E-state index in [1.54, 1.807) is 13.8 Å². The molecule has 4 rings (SSSR count). The zero-order chi connectivity index (χ0) is 18.6. The molecule has 0 radical (unpaired) electrons. The number of fused-ring (bicyclic) bond motifs is 2. The molecule has 2 unspecified atom stereocenters. The van der Waals surface area contributed by atoms with E-state index in [0.717, 1.165) is 0 Å². The van der Waals surface area contributed by atoms with Crippen LogP contribution in [0.3, 0.4) is 0 Å². The number of hydrogen-bond donors (Lipinski definition) is 2. The quantitative estimate of drug-likeness (QED) is 0.570. The molecule has 0 aromatic carbocycles. The second-order valence-electron chi connectivity index (χ2n) is 6.22. The number of phosphoric ester groups is 1. The molecule has 13 heteroatoms. The lowest BCUT2D eigenvalue weighted by atomic mass is 10.1. The van der Waals surface area contributed by atoms with Crippen LogP contribution in [0.2, 0.25) is 0 Å². The molecule has 2 aromatic rings. The van der Waals surface area contributed by atoms with Crippen molar-refractivity contribution in [3.05, 3.63) is 12.4 Å². The number of phosphoric acid groups is 1. The predicted molar refractivity (Wildman–Crippen MR) is 84.3 cm³/mol. The Morgan fingerprint density at radius 1 is 1.50 bits per heavy atom. The molecule has 4 heterocycles. The third-order valence-corrected chi connectivity index (χ3v) is 5.64. The number of halogens is 1. The Morgan fingerprint density at radius 3 is 3.00 bits per heavy atom. The minimum absolute atomic E-state index is 0.0558. The number of ether oxygens (including phenoxy) is 1. The number of imidazole rings is 1. The molecule has 26 heavy (non-hydrogen) atoms. The van der Waals surface area contributed by atoms with E-state index in [0.29, 0.717) is 0 Å². The van der Waals surface area contributed by atoms with Crippen molar-refractivity contribution in [2.24, 2.45) is 0 Å². The van der Waals surface area contributed by atoms with E-state index in [-0.39, 0.29) is 23.6 Å². The van der Waals surface area contributed by atoms with Crippen LogP contribution in [0.25, 0.3) is 11.2 Å². The van der Waals surface area contributed by atoms with Crippen LogP contribution in [-0.2, 0) is 22.9 Å². The Hall–Kier alpha value is -1.69. The van der Waals surface area contributed by atoms with Gasteiger partial charge in [-0.05, 0) is 13.8 Å². The van der Waals surface area contributed by atoms with Crippen LogP contribution in [0.1, 0.15) is 20.1 Å². The molecule has 0 amide bonds. The second kappa shape index (κ2) is 6.19. The highest BCUT2D eigenvalue weighted by Crippen LogP contribution is 2.57. The van der Waals surface area contributed by atoms with Crippen molar-refractivity contribution >= 4 is 24.8 Å². The van der Waals surface area contributed by atoms with Gasteiger partial charge in [-0.25, -0.2) is 9.55 Å². The minimum Gasteiger partial charge on any atom is -0.386 e. The fourth-order valence-corrected chi connectivity index (χ4v) is 4.54. The number of hydrogen-bond acceptors (Lipinski definition) is 10. The molecule has 0 saturated carbocycles. The summed E-state index contributed by atoms with van der Waals surface area (Å²) in [6.07, 6.45) is -4.05. The molecule has 2 saturated heterocycles. The molecule has 11 nitrogen and oxygen atoms in total. The van der Waals surface area contributed by atoms with Crippen LogP contribution in [0.5, 0.6) is 0 Å². The summed E-state index contributed by atoms with van der Waals surface area (Å²) in [5, 5.41) is 10.6. The van der Waals surface area contributed by atoms with Crippen molar-refractivity contribution in [2.75, 3.05) is 12.3 Å². The van der Waals surface area contributed by atoms with Crippen molar-refractivity contribution in [1.82, 2.24) is 19.5 Å². The van der Waals surface area contributed by atoms with E-state index in [2.05, 4.69) is 15.0 Å². The molecule has 0 spiro atoms. The van der Waals surface area contributed by atoms with Crippen LogP contribution in [0.15, 0.2) is 6.33 Å². The topological polar surface area (TPSA) is 144 Å². The van der Waals surface area contributed by atoms with Gasteiger partial charge in [0.2, 0.25) is 0 Å². The zero-order valence-corrected chi connectivity index (χ0v) is 14.7. The van der Waals surface area contributed by atoms with Gasteiger partial charge in [0.15, 0.2) is 23.2 Å². The summed E-state index contributed by atoms with van der Waals surface area (Å²) in [4.78, 5) is 11.1.